The Bertz CT molecular complexity index is 1010. The van der Waals surface area contributed by atoms with Crippen molar-refractivity contribution in [2.24, 2.45) is 7.05 Å². The topological polar surface area (TPSA) is 43.2 Å². The second kappa shape index (κ2) is 8.00. The van der Waals surface area contributed by atoms with Gasteiger partial charge in [-0.25, -0.2) is 0 Å². The van der Waals surface area contributed by atoms with Crippen molar-refractivity contribution in [1.29, 1.82) is 0 Å². The molecule has 0 bridgehead atoms. The summed E-state index contributed by atoms with van der Waals surface area (Å²) < 4.78 is 8.33. The van der Waals surface area contributed by atoms with E-state index in [0.717, 1.165) is 41.0 Å². The first-order chi connectivity index (χ1) is 13.3. The lowest BCUT2D eigenvalue weighted by Gasteiger charge is -2.19. The Labute approximate surface area is 172 Å². The lowest BCUT2D eigenvalue weighted by Crippen LogP contribution is -2.12. The number of imidazole rings is 1. The molecule has 0 amide bonds. The molecule has 0 spiro atoms. The number of fused-ring (bicyclic) bond motifs is 1. The molecule has 0 fully saturated rings. The third kappa shape index (κ3) is 3.55. The van der Waals surface area contributed by atoms with E-state index in [0.29, 0.717) is 22.7 Å². The van der Waals surface area contributed by atoms with Gasteiger partial charge < -0.3 is 9.64 Å². The monoisotopic (exact) mass is 400 g/mol. The zero-order chi connectivity index (χ0) is 20.6. The van der Waals surface area contributed by atoms with E-state index in [4.69, 9.17) is 21.3 Å². The number of rotatable bonds is 6. The first-order valence-corrected chi connectivity index (χ1v) is 10.1. The minimum Gasteiger partial charge on any atom is -0.421 e. The summed E-state index contributed by atoms with van der Waals surface area (Å²) in [6.45, 7) is 8.38. The van der Waals surface area contributed by atoms with Crippen LogP contribution in [0.1, 0.15) is 49.6 Å². The van der Waals surface area contributed by atoms with Crippen molar-refractivity contribution in [2.75, 3.05) is 19.0 Å². The van der Waals surface area contributed by atoms with Gasteiger partial charge in [0.25, 0.3) is 0 Å². The van der Waals surface area contributed by atoms with Crippen molar-refractivity contribution in [2.45, 2.75) is 46.5 Å². The number of hydrogen-bond acceptors (Lipinski definition) is 4. The largest absolute Gasteiger partial charge is 0.421 e. The van der Waals surface area contributed by atoms with E-state index in [1.54, 1.807) is 0 Å². The number of pyridine rings is 1. The van der Waals surface area contributed by atoms with E-state index < -0.39 is 0 Å². The lowest BCUT2D eigenvalue weighted by atomic mass is 9.93. The molecule has 6 heteroatoms. The van der Waals surface area contributed by atoms with Crippen molar-refractivity contribution in [3.63, 3.8) is 0 Å². The van der Waals surface area contributed by atoms with E-state index >= 15 is 0 Å². The van der Waals surface area contributed by atoms with E-state index in [2.05, 4.69) is 24.9 Å². The van der Waals surface area contributed by atoms with Crippen LogP contribution in [0.15, 0.2) is 18.2 Å². The van der Waals surface area contributed by atoms with Crippen LogP contribution in [0.2, 0.25) is 5.02 Å². The SMILES string of the molecule is CCC(CC)c1ccc(Cl)c2nc(Oc3c(N(C)C)cc(C)nc3C)n(C)c12. The summed E-state index contributed by atoms with van der Waals surface area (Å²) in [4.78, 5) is 11.3. The number of hydrogen-bond donors (Lipinski definition) is 0. The fourth-order valence-corrected chi connectivity index (χ4v) is 3.99. The predicted octanol–water partition coefficient (Wildman–Crippen LogP) is 6.00. The molecule has 0 aliphatic heterocycles. The first-order valence-electron chi connectivity index (χ1n) is 9.76. The molecule has 0 unspecified atom stereocenters. The van der Waals surface area contributed by atoms with Crippen LogP contribution in [-0.2, 0) is 7.05 Å². The number of nitrogens with zero attached hydrogens (tertiary/aromatic N) is 4. The van der Waals surface area contributed by atoms with E-state index in [-0.39, 0.29) is 0 Å². The second-order valence-corrected chi connectivity index (χ2v) is 7.90. The molecule has 1 aromatic carbocycles. The molecule has 28 heavy (non-hydrogen) atoms. The summed E-state index contributed by atoms with van der Waals surface area (Å²) in [6, 6.07) is 6.61. The normalized spacial score (nSPS) is 11.5. The summed E-state index contributed by atoms with van der Waals surface area (Å²) in [5.41, 5.74) is 5.86. The Morgan fingerprint density at radius 1 is 1.14 bits per heavy atom. The third-order valence-corrected chi connectivity index (χ3v) is 5.62. The number of halogens is 1. The smallest absolute Gasteiger partial charge is 0.302 e. The highest BCUT2D eigenvalue weighted by Gasteiger charge is 2.21. The maximum atomic E-state index is 6.49. The van der Waals surface area contributed by atoms with Gasteiger partial charge in [-0.05, 0) is 50.3 Å². The molecule has 3 rings (SSSR count). The van der Waals surface area contributed by atoms with Crippen LogP contribution in [0.25, 0.3) is 11.0 Å². The number of anilines is 1. The predicted molar refractivity (Wildman–Crippen MR) is 117 cm³/mol. The Morgan fingerprint density at radius 3 is 2.43 bits per heavy atom. The Balaban J connectivity index is 2.18. The van der Waals surface area contributed by atoms with Crippen molar-refractivity contribution >= 4 is 28.3 Å². The van der Waals surface area contributed by atoms with E-state index in [9.17, 15) is 0 Å². The van der Waals surface area contributed by atoms with Gasteiger partial charge in [-0.2, -0.15) is 4.98 Å². The van der Waals surface area contributed by atoms with E-state index in [1.165, 1.54) is 5.56 Å². The van der Waals surface area contributed by atoms with E-state index in [1.807, 2.05) is 56.6 Å². The standard InChI is InChI=1S/C22H29ClN4O/c1-8-15(9-2)16-10-11-17(23)19-20(16)27(7)22(25-19)28-21-14(4)24-13(3)12-18(21)26(5)6/h10-12,15H,8-9H2,1-7H3. The van der Waals surface area contributed by atoms with Gasteiger partial charge in [-0.15, -0.1) is 0 Å². The minimum atomic E-state index is 0.461. The van der Waals surface area contributed by atoms with Crippen LogP contribution in [-0.4, -0.2) is 28.6 Å². The van der Waals surface area contributed by atoms with Crippen molar-refractivity contribution in [3.05, 3.63) is 40.2 Å². The van der Waals surface area contributed by atoms with Crippen LogP contribution in [0.5, 0.6) is 11.8 Å². The molecule has 0 N–H and O–H groups in total. The van der Waals surface area contributed by atoms with Crippen molar-refractivity contribution in [1.82, 2.24) is 14.5 Å². The van der Waals surface area contributed by atoms with Gasteiger partial charge in [0.05, 0.1) is 21.9 Å². The fourth-order valence-electron chi connectivity index (χ4n) is 3.79. The molecule has 0 saturated carbocycles. The molecule has 150 valence electrons. The lowest BCUT2D eigenvalue weighted by molar-refractivity contribution is 0.422. The maximum Gasteiger partial charge on any atom is 0.302 e. The summed E-state index contributed by atoms with van der Waals surface area (Å²) in [5.74, 6) is 1.18. The molecule has 3 aromatic rings. The Morgan fingerprint density at radius 2 is 1.82 bits per heavy atom. The highest BCUT2D eigenvalue weighted by molar-refractivity contribution is 6.35. The number of ether oxygens (including phenoxy) is 1. The van der Waals surface area contributed by atoms with Crippen LogP contribution in [0, 0.1) is 13.8 Å². The molecule has 5 nitrogen and oxygen atoms in total. The van der Waals surface area contributed by atoms with Gasteiger partial charge in [-0.1, -0.05) is 31.5 Å². The molecule has 0 radical (unpaired) electrons. The molecule has 0 atom stereocenters. The molecule has 2 heterocycles. The average Bonchev–Trinajstić information content (AvgIpc) is 2.97. The number of aromatic nitrogens is 3. The van der Waals surface area contributed by atoms with Gasteiger partial charge in [0.1, 0.15) is 5.52 Å². The number of aryl methyl sites for hydroxylation is 3. The van der Waals surface area contributed by atoms with Crippen LogP contribution >= 0.6 is 11.6 Å². The molecule has 0 aliphatic carbocycles. The average molecular weight is 401 g/mol. The van der Waals surface area contributed by atoms with Crippen LogP contribution < -0.4 is 9.64 Å². The molecule has 0 aliphatic rings. The molecular formula is C22H29ClN4O. The van der Waals surface area contributed by atoms with Gasteiger partial charge >= 0.3 is 6.01 Å². The zero-order valence-corrected chi connectivity index (χ0v) is 18.6. The van der Waals surface area contributed by atoms with Gasteiger partial charge in [0.15, 0.2) is 5.75 Å². The summed E-state index contributed by atoms with van der Waals surface area (Å²) in [5, 5.41) is 0.641. The first kappa shape index (κ1) is 20.5. The molecule has 2 aromatic heterocycles. The second-order valence-electron chi connectivity index (χ2n) is 7.49. The molecular weight excluding hydrogens is 372 g/mol. The van der Waals surface area contributed by atoms with Gasteiger partial charge in [0.2, 0.25) is 0 Å². The van der Waals surface area contributed by atoms with Crippen LogP contribution in [0.4, 0.5) is 5.69 Å². The highest BCUT2D eigenvalue weighted by atomic mass is 35.5. The van der Waals surface area contributed by atoms with Crippen LogP contribution in [0.3, 0.4) is 0 Å². The summed E-state index contributed by atoms with van der Waals surface area (Å²) in [6.07, 6.45) is 2.14. The number of benzene rings is 1. The fraction of sp³-hybridized carbons (Fsp3) is 0.455. The van der Waals surface area contributed by atoms with Gasteiger partial charge in [-0.3, -0.25) is 9.55 Å². The summed E-state index contributed by atoms with van der Waals surface area (Å²) >= 11 is 6.49. The summed E-state index contributed by atoms with van der Waals surface area (Å²) in [7, 11) is 5.98. The molecule has 0 saturated heterocycles. The van der Waals surface area contributed by atoms with Gasteiger partial charge in [0, 0.05) is 26.8 Å². The highest BCUT2D eigenvalue weighted by Crippen LogP contribution is 2.39. The Hall–Kier alpha value is -2.27. The van der Waals surface area contributed by atoms with Crippen molar-refractivity contribution in [3.8, 4) is 11.8 Å². The zero-order valence-electron chi connectivity index (χ0n) is 17.8. The quantitative estimate of drug-likeness (QED) is 0.508. The third-order valence-electron chi connectivity index (χ3n) is 5.31. The minimum absolute atomic E-state index is 0.461. The Kier molecular flexibility index (Phi) is 5.84. The van der Waals surface area contributed by atoms with Crippen molar-refractivity contribution < 1.29 is 4.74 Å². The maximum absolute atomic E-state index is 6.49.